The largest absolute Gasteiger partial charge is 0.410 e. The van der Waals surface area contributed by atoms with Crippen molar-refractivity contribution < 1.29 is 4.43 Å². The zero-order valence-corrected chi connectivity index (χ0v) is 13.0. The topological polar surface area (TPSA) is 9.23 Å². The van der Waals surface area contributed by atoms with Gasteiger partial charge in [0.2, 0.25) is 0 Å². The van der Waals surface area contributed by atoms with E-state index in [1.54, 1.807) is 6.07 Å². The average Bonchev–Trinajstić information content (AvgIpc) is 2.14. The molecule has 1 nitrogen and oxygen atoms in total. The van der Waals surface area contributed by atoms with Gasteiger partial charge in [-0.25, -0.2) is 0 Å². The van der Waals surface area contributed by atoms with Crippen molar-refractivity contribution in [2.45, 2.75) is 32.2 Å². The molecular weight excluding hydrogens is 271 g/mol. The third kappa shape index (κ3) is 4.84. The van der Waals surface area contributed by atoms with Crippen LogP contribution in [-0.4, -0.2) is 8.32 Å². The molecule has 1 unspecified atom stereocenters. The first-order chi connectivity index (χ1) is 7.83. The Morgan fingerprint density at radius 2 is 2.00 bits per heavy atom. The van der Waals surface area contributed by atoms with E-state index in [0.29, 0.717) is 10.0 Å². The Hall–Kier alpha value is -0.283. The third-order valence-electron chi connectivity index (χ3n) is 2.19. The summed E-state index contributed by atoms with van der Waals surface area (Å²) in [5.41, 5.74) is 0.985. The third-order valence-corrected chi connectivity index (χ3v) is 3.74. The Bertz CT molecular complexity index is 399. The summed E-state index contributed by atoms with van der Waals surface area (Å²) in [6.07, 6.45) is 2.59. The summed E-state index contributed by atoms with van der Waals surface area (Å²) in [5, 5.41) is 1.30. The lowest BCUT2D eigenvalue weighted by Crippen LogP contribution is -2.28. The molecule has 0 N–H and O–H groups in total. The molecule has 1 aromatic carbocycles. The lowest BCUT2D eigenvalue weighted by Gasteiger charge is -2.26. The monoisotopic (exact) mass is 288 g/mol. The number of hydrogen-bond acceptors (Lipinski definition) is 1. The van der Waals surface area contributed by atoms with Gasteiger partial charge in [-0.3, -0.25) is 0 Å². The van der Waals surface area contributed by atoms with Crippen molar-refractivity contribution in [2.75, 3.05) is 0 Å². The number of benzene rings is 1. The minimum atomic E-state index is -1.62. The van der Waals surface area contributed by atoms with E-state index in [-0.39, 0.29) is 6.10 Å². The standard InChI is InChI=1S/C13H18Cl2OSi/c1-5-6-13(16-17(2,3)4)11-8-7-10(14)9-12(11)15/h5,7-9,13H,1,6H2,2-4H3. The maximum atomic E-state index is 6.21. The Morgan fingerprint density at radius 3 is 2.47 bits per heavy atom. The molecule has 1 atom stereocenters. The summed E-state index contributed by atoms with van der Waals surface area (Å²) in [6.45, 7) is 10.2. The molecule has 0 saturated carbocycles. The summed E-state index contributed by atoms with van der Waals surface area (Å²) >= 11 is 12.1. The zero-order valence-electron chi connectivity index (χ0n) is 10.5. The molecule has 0 radical (unpaired) electrons. The van der Waals surface area contributed by atoms with Crippen molar-refractivity contribution in [3.63, 3.8) is 0 Å². The molecule has 0 saturated heterocycles. The van der Waals surface area contributed by atoms with Crippen LogP contribution in [0.15, 0.2) is 30.9 Å². The van der Waals surface area contributed by atoms with Gasteiger partial charge in [-0.15, -0.1) is 6.58 Å². The molecule has 0 aliphatic carbocycles. The van der Waals surface area contributed by atoms with Crippen LogP contribution >= 0.6 is 23.2 Å². The first kappa shape index (κ1) is 14.8. The molecule has 17 heavy (non-hydrogen) atoms. The van der Waals surface area contributed by atoms with Crippen molar-refractivity contribution in [1.82, 2.24) is 0 Å². The van der Waals surface area contributed by atoms with Crippen LogP contribution < -0.4 is 0 Å². The second-order valence-corrected chi connectivity index (χ2v) is 10.2. The maximum absolute atomic E-state index is 6.21. The predicted octanol–water partition coefficient (Wildman–Crippen LogP) is 5.46. The van der Waals surface area contributed by atoms with Gasteiger partial charge in [0.05, 0.1) is 6.10 Å². The lowest BCUT2D eigenvalue weighted by molar-refractivity contribution is 0.201. The quantitative estimate of drug-likeness (QED) is 0.516. The fourth-order valence-corrected chi connectivity index (χ4v) is 3.19. The molecule has 0 aliphatic rings. The predicted molar refractivity (Wildman–Crippen MR) is 78.4 cm³/mol. The summed E-state index contributed by atoms with van der Waals surface area (Å²) in [7, 11) is -1.62. The Balaban J connectivity index is 3.00. The molecule has 0 heterocycles. The van der Waals surface area contributed by atoms with Crippen molar-refractivity contribution in [2.24, 2.45) is 0 Å². The first-order valence-corrected chi connectivity index (χ1v) is 9.73. The highest BCUT2D eigenvalue weighted by Gasteiger charge is 2.23. The van der Waals surface area contributed by atoms with E-state index in [1.165, 1.54) is 0 Å². The Kier molecular flexibility index (Phi) is 5.26. The van der Waals surface area contributed by atoms with Crippen LogP contribution in [0.3, 0.4) is 0 Å². The van der Waals surface area contributed by atoms with Crippen LogP contribution in [0, 0.1) is 0 Å². The Labute approximate surface area is 115 Å². The average molecular weight is 289 g/mol. The summed E-state index contributed by atoms with van der Waals surface area (Å²) in [5.74, 6) is 0. The van der Waals surface area contributed by atoms with E-state index >= 15 is 0 Å². The van der Waals surface area contributed by atoms with Crippen molar-refractivity contribution >= 4 is 31.5 Å². The highest BCUT2D eigenvalue weighted by molar-refractivity contribution is 6.69. The van der Waals surface area contributed by atoms with E-state index < -0.39 is 8.32 Å². The molecule has 0 fully saturated rings. The minimum absolute atomic E-state index is 0.0241. The van der Waals surface area contributed by atoms with Gasteiger partial charge in [0, 0.05) is 10.0 Å². The van der Waals surface area contributed by atoms with Crippen LogP contribution in [0.2, 0.25) is 29.7 Å². The lowest BCUT2D eigenvalue weighted by atomic mass is 10.1. The molecule has 94 valence electrons. The molecule has 1 aromatic rings. The number of hydrogen-bond donors (Lipinski definition) is 0. The van der Waals surface area contributed by atoms with Gasteiger partial charge in [0.15, 0.2) is 8.32 Å². The molecule has 0 bridgehead atoms. The smallest absolute Gasteiger partial charge is 0.184 e. The van der Waals surface area contributed by atoms with Crippen LogP contribution in [0.1, 0.15) is 18.1 Å². The molecule has 0 aromatic heterocycles. The molecule has 0 amide bonds. The normalized spacial score (nSPS) is 13.5. The highest BCUT2D eigenvalue weighted by atomic mass is 35.5. The zero-order chi connectivity index (χ0) is 13.1. The van der Waals surface area contributed by atoms with Crippen molar-refractivity contribution in [1.29, 1.82) is 0 Å². The first-order valence-electron chi connectivity index (χ1n) is 5.57. The molecule has 0 spiro atoms. The van der Waals surface area contributed by atoms with E-state index in [2.05, 4.69) is 26.2 Å². The fourth-order valence-electron chi connectivity index (χ4n) is 1.58. The van der Waals surface area contributed by atoms with Crippen molar-refractivity contribution in [3.05, 3.63) is 46.5 Å². The summed E-state index contributed by atoms with van der Waals surface area (Å²) < 4.78 is 6.13. The van der Waals surface area contributed by atoms with Crippen LogP contribution in [0.5, 0.6) is 0 Å². The van der Waals surface area contributed by atoms with Crippen LogP contribution in [0.4, 0.5) is 0 Å². The SMILES string of the molecule is C=CCC(O[Si](C)(C)C)c1ccc(Cl)cc1Cl. The Morgan fingerprint density at radius 1 is 1.35 bits per heavy atom. The van der Waals surface area contributed by atoms with Gasteiger partial charge in [-0.05, 0) is 43.8 Å². The maximum Gasteiger partial charge on any atom is 0.184 e. The van der Waals surface area contributed by atoms with Gasteiger partial charge >= 0.3 is 0 Å². The summed E-state index contributed by atoms with van der Waals surface area (Å²) in [4.78, 5) is 0. The highest BCUT2D eigenvalue weighted by Crippen LogP contribution is 2.32. The number of halogens is 2. The molecule has 1 rings (SSSR count). The fraction of sp³-hybridized carbons (Fsp3) is 0.385. The number of rotatable bonds is 5. The minimum Gasteiger partial charge on any atom is -0.410 e. The van der Waals surface area contributed by atoms with E-state index in [4.69, 9.17) is 27.6 Å². The molecule has 4 heteroatoms. The van der Waals surface area contributed by atoms with Crippen molar-refractivity contribution in [3.8, 4) is 0 Å². The van der Waals surface area contributed by atoms with Gasteiger partial charge < -0.3 is 4.43 Å². The second kappa shape index (κ2) is 6.05. The van der Waals surface area contributed by atoms with Gasteiger partial charge in [0.1, 0.15) is 0 Å². The second-order valence-electron chi connectivity index (χ2n) is 4.91. The van der Waals surface area contributed by atoms with E-state index in [0.717, 1.165) is 12.0 Å². The van der Waals surface area contributed by atoms with Gasteiger partial charge in [-0.1, -0.05) is 35.3 Å². The van der Waals surface area contributed by atoms with Gasteiger partial charge in [-0.2, -0.15) is 0 Å². The van der Waals surface area contributed by atoms with Crippen LogP contribution in [0.25, 0.3) is 0 Å². The van der Waals surface area contributed by atoms with E-state index in [9.17, 15) is 0 Å². The summed E-state index contributed by atoms with van der Waals surface area (Å²) in [6, 6.07) is 5.52. The molecular formula is C13H18Cl2OSi. The molecule has 0 aliphatic heterocycles. The van der Waals surface area contributed by atoms with Gasteiger partial charge in [0.25, 0.3) is 0 Å². The van der Waals surface area contributed by atoms with Crippen LogP contribution in [-0.2, 0) is 4.43 Å². The van der Waals surface area contributed by atoms with E-state index in [1.807, 2.05) is 18.2 Å².